The first kappa shape index (κ1) is 17.4. The van der Waals surface area contributed by atoms with Crippen LogP contribution in [0.15, 0.2) is 54.6 Å². The fourth-order valence-corrected chi connectivity index (χ4v) is 3.06. The lowest BCUT2D eigenvalue weighted by molar-refractivity contribution is -0.120. The Kier molecular flexibility index (Phi) is 4.73. The Bertz CT molecular complexity index is 933. The second-order valence-electron chi connectivity index (χ2n) is 7.11. The quantitative estimate of drug-likeness (QED) is 0.625. The third-order valence-electron chi connectivity index (χ3n) is 4.99. The highest BCUT2D eigenvalue weighted by Crippen LogP contribution is 2.38. The van der Waals surface area contributed by atoms with Crippen molar-refractivity contribution in [2.75, 3.05) is 5.32 Å². The molecule has 6 nitrogen and oxygen atoms in total. The average molecular weight is 361 g/mol. The first-order valence-electron chi connectivity index (χ1n) is 9.26. The highest BCUT2D eigenvalue weighted by molar-refractivity contribution is 5.93. The molecule has 4 rings (SSSR count). The lowest BCUT2D eigenvalue weighted by Crippen LogP contribution is -2.30. The molecule has 2 atom stereocenters. The number of hydrogen-bond donors (Lipinski definition) is 3. The third-order valence-corrected chi connectivity index (χ3v) is 4.99. The maximum atomic E-state index is 12.6. The number of anilines is 1. The number of carbonyl (C=O) groups excluding carboxylic acids is 1. The molecular formula is C21H23N5O. The van der Waals surface area contributed by atoms with Gasteiger partial charge in [-0.05, 0) is 30.5 Å². The van der Waals surface area contributed by atoms with Gasteiger partial charge in [0.25, 0.3) is 0 Å². The van der Waals surface area contributed by atoms with Crippen molar-refractivity contribution in [1.29, 1.82) is 0 Å². The topological polar surface area (TPSA) is 96.7 Å². The van der Waals surface area contributed by atoms with E-state index in [4.69, 9.17) is 5.73 Å². The summed E-state index contributed by atoms with van der Waals surface area (Å²) in [6.07, 6.45) is 2.34. The van der Waals surface area contributed by atoms with Crippen LogP contribution in [0.2, 0.25) is 0 Å². The first-order valence-corrected chi connectivity index (χ1v) is 9.26. The molecule has 4 N–H and O–H groups in total. The number of rotatable bonds is 6. The van der Waals surface area contributed by atoms with Crippen molar-refractivity contribution in [2.24, 2.45) is 11.7 Å². The second-order valence-corrected chi connectivity index (χ2v) is 7.11. The van der Waals surface area contributed by atoms with Crippen molar-refractivity contribution < 1.29 is 4.79 Å². The summed E-state index contributed by atoms with van der Waals surface area (Å²) in [5, 5.41) is 10.3. The van der Waals surface area contributed by atoms with Gasteiger partial charge in [0.1, 0.15) is 5.82 Å². The predicted molar refractivity (Wildman–Crippen MR) is 105 cm³/mol. The van der Waals surface area contributed by atoms with Crippen molar-refractivity contribution in [2.45, 2.75) is 31.7 Å². The van der Waals surface area contributed by atoms with Gasteiger partial charge in [0.15, 0.2) is 5.82 Å². The number of amides is 1. The van der Waals surface area contributed by atoms with E-state index in [0.29, 0.717) is 17.4 Å². The molecule has 6 heteroatoms. The summed E-state index contributed by atoms with van der Waals surface area (Å²) in [5.74, 6) is 1.65. The maximum absolute atomic E-state index is 12.6. The smallest absolute Gasteiger partial charge is 0.229 e. The molecule has 3 aromatic rings. The van der Waals surface area contributed by atoms with E-state index >= 15 is 0 Å². The van der Waals surface area contributed by atoms with Crippen LogP contribution >= 0.6 is 0 Å². The molecule has 1 saturated carbocycles. The summed E-state index contributed by atoms with van der Waals surface area (Å²) >= 11 is 0. The Morgan fingerprint density at radius 1 is 1.19 bits per heavy atom. The molecule has 1 heterocycles. The Morgan fingerprint density at radius 3 is 2.70 bits per heavy atom. The Labute approximate surface area is 158 Å². The lowest BCUT2D eigenvalue weighted by atomic mass is 9.94. The zero-order valence-corrected chi connectivity index (χ0v) is 15.2. The fraction of sp³-hybridized carbons (Fsp3) is 0.286. The van der Waals surface area contributed by atoms with Crippen molar-refractivity contribution in [3.05, 3.63) is 66.0 Å². The van der Waals surface area contributed by atoms with Gasteiger partial charge in [-0.25, -0.2) is 4.98 Å². The molecule has 0 spiro atoms. The van der Waals surface area contributed by atoms with E-state index in [9.17, 15) is 4.79 Å². The molecule has 1 fully saturated rings. The molecule has 0 saturated heterocycles. The molecule has 138 valence electrons. The third kappa shape index (κ3) is 3.90. The molecule has 1 amide bonds. The number of aromatic nitrogens is 3. The molecular weight excluding hydrogens is 338 g/mol. The van der Waals surface area contributed by atoms with Gasteiger partial charge in [-0.15, -0.1) is 0 Å². The zero-order chi connectivity index (χ0) is 18.8. The molecule has 0 bridgehead atoms. The van der Waals surface area contributed by atoms with E-state index in [1.807, 2.05) is 61.5 Å². The van der Waals surface area contributed by atoms with E-state index in [2.05, 4.69) is 20.5 Å². The van der Waals surface area contributed by atoms with E-state index in [1.165, 1.54) is 12.8 Å². The molecule has 1 aliphatic carbocycles. The fourth-order valence-electron chi connectivity index (χ4n) is 3.06. The molecule has 27 heavy (non-hydrogen) atoms. The molecule has 0 radical (unpaired) electrons. The van der Waals surface area contributed by atoms with Gasteiger partial charge >= 0.3 is 0 Å². The predicted octanol–water partition coefficient (Wildman–Crippen LogP) is 3.62. The molecule has 0 aliphatic heterocycles. The van der Waals surface area contributed by atoms with Crippen LogP contribution in [0.3, 0.4) is 0 Å². The van der Waals surface area contributed by atoms with Crippen LogP contribution in [0.1, 0.15) is 43.1 Å². The minimum absolute atomic E-state index is 0.114. The summed E-state index contributed by atoms with van der Waals surface area (Å²) in [5.41, 5.74) is 8.79. The SMILES string of the molecule is CC(C(=O)Nc1cccc(-c2n[nH]c(C3CC3)n2)c1)C(N)c1ccccc1. The number of nitrogens with two attached hydrogens (primary N) is 1. The number of hydrogen-bond acceptors (Lipinski definition) is 4. The maximum Gasteiger partial charge on any atom is 0.229 e. The largest absolute Gasteiger partial charge is 0.326 e. The van der Waals surface area contributed by atoms with Gasteiger partial charge in [-0.3, -0.25) is 9.89 Å². The highest BCUT2D eigenvalue weighted by Gasteiger charge is 2.27. The van der Waals surface area contributed by atoms with Crippen molar-refractivity contribution in [3.8, 4) is 11.4 Å². The van der Waals surface area contributed by atoms with Gasteiger partial charge in [0.05, 0.1) is 5.92 Å². The van der Waals surface area contributed by atoms with Gasteiger partial charge < -0.3 is 11.1 Å². The van der Waals surface area contributed by atoms with Crippen molar-refractivity contribution in [1.82, 2.24) is 15.2 Å². The van der Waals surface area contributed by atoms with Crippen molar-refractivity contribution in [3.63, 3.8) is 0 Å². The molecule has 1 aliphatic rings. The van der Waals surface area contributed by atoms with Crippen LogP contribution in [-0.2, 0) is 4.79 Å². The second kappa shape index (κ2) is 7.32. The summed E-state index contributed by atoms with van der Waals surface area (Å²) in [6, 6.07) is 16.9. The van der Waals surface area contributed by atoms with E-state index in [1.54, 1.807) is 0 Å². The van der Waals surface area contributed by atoms with E-state index < -0.39 is 0 Å². The van der Waals surface area contributed by atoms with Gasteiger partial charge in [-0.1, -0.05) is 49.4 Å². The minimum atomic E-state index is -0.360. The lowest BCUT2D eigenvalue weighted by Gasteiger charge is -2.20. The Morgan fingerprint density at radius 2 is 1.96 bits per heavy atom. The van der Waals surface area contributed by atoms with Crippen LogP contribution < -0.4 is 11.1 Å². The Hall–Kier alpha value is -2.99. The number of nitrogens with zero attached hydrogens (tertiary/aromatic N) is 2. The number of H-pyrrole nitrogens is 1. The van der Waals surface area contributed by atoms with Gasteiger partial charge in [0, 0.05) is 23.2 Å². The summed E-state index contributed by atoms with van der Waals surface area (Å²) in [4.78, 5) is 17.2. The van der Waals surface area contributed by atoms with Crippen molar-refractivity contribution >= 4 is 11.6 Å². The number of aromatic amines is 1. The van der Waals surface area contributed by atoms with E-state index in [0.717, 1.165) is 17.0 Å². The standard InChI is InChI=1S/C21H23N5O/c1-13(18(22)14-6-3-2-4-7-14)21(27)23-17-9-5-8-16(12-17)20-24-19(25-26-20)15-10-11-15/h2-9,12-13,15,18H,10-11,22H2,1H3,(H,23,27)(H,24,25,26). The normalized spacial score (nSPS) is 15.9. The zero-order valence-electron chi connectivity index (χ0n) is 15.2. The number of carbonyl (C=O) groups is 1. The van der Waals surface area contributed by atoms with Crippen LogP contribution in [0, 0.1) is 5.92 Å². The monoisotopic (exact) mass is 361 g/mol. The average Bonchev–Trinajstić information content (AvgIpc) is 3.44. The Balaban J connectivity index is 1.46. The molecule has 1 aromatic heterocycles. The molecule has 2 aromatic carbocycles. The van der Waals surface area contributed by atoms with Crippen LogP contribution in [0.4, 0.5) is 5.69 Å². The van der Waals surface area contributed by atoms with Crippen LogP contribution in [0.25, 0.3) is 11.4 Å². The van der Waals surface area contributed by atoms with E-state index in [-0.39, 0.29) is 17.9 Å². The summed E-state index contributed by atoms with van der Waals surface area (Å²) < 4.78 is 0. The number of nitrogens with one attached hydrogen (secondary N) is 2. The molecule has 2 unspecified atom stereocenters. The summed E-state index contributed by atoms with van der Waals surface area (Å²) in [7, 11) is 0. The minimum Gasteiger partial charge on any atom is -0.326 e. The first-order chi connectivity index (χ1) is 13.1. The van der Waals surface area contributed by atoms with Crippen LogP contribution in [0.5, 0.6) is 0 Å². The summed E-state index contributed by atoms with van der Waals surface area (Å²) in [6.45, 7) is 1.84. The number of benzene rings is 2. The van der Waals surface area contributed by atoms with Crippen LogP contribution in [-0.4, -0.2) is 21.1 Å². The van der Waals surface area contributed by atoms with Gasteiger partial charge in [-0.2, -0.15) is 5.10 Å². The van der Waals surface area contributed by atoms with Gasteiger partial charge in [0.2, 0.25) is 5.91 Å². The highest BCUT2D eigenvalue weighted by atomic mass is 16.1.